The highest BCUT2D eigenvalue weighted by Crippen LogP contribution is 2.34. The summed E-state index contributed by atoms with van der Waals surface area (Å²) in [4.78, 5) is 35.4. The van der Waals surface area contributed by atoms with Gasteiger partial charge in [0.15, 0.2) is 5.16 Å². The maximum atomic E-state index is 12.7. The van der Waals surface area contributed by atoms with Crippen molar-refractivity contribution >= 4 is 56.6 Å². The zero-order chi connectivity index (χ0) is 21.8. The zero-order valence-corrected chi connectivity index (χ0v) is 18.2. The van der Waals surface area contributed by atoms with E-state index in [1.807, 2.05) is 0 Å². The minimum atomic E-state index is -0.558. The fourth-order valence-electron chi connectivity index (χ4n) is 2.46. The molecule has 0 radical (unpaired) electrons. The molecule has 0 saturated heterocycles. The van der Waals surface area contributed by atoms with Gasteiger partial charge in [-0.25, -0.2) is 0 Å². The van der Waals surface area contributed by atoms with E-state index in [1.165, 1.54) is 31.5 Å². The maximum absolute atomic E-state index is 12.7. The van der Waals surface area contributed by atoms with Gasteiger partial charge in [-0.3, -0.25) is 19.7 Å². The van der Waals surface area contributed by atoms with Crippen LogP contribution in [0, 0.1) is 10.1 Å². The minimum absolute atomic E-state index is 0.0952. The number of carbonyl (C=O) groups excluding carboxylic acids is 2. The van der Waals surface area contributed by atoms with Crippen molar-refractivity contribution in [1.82, 2.24) is 14.8 Å². The van der Waals surface area contributed by atoms with Crippen LogP contribution in [-0.2, 0) is 11.8 Å². The highest BCUT2D eigenvalue weighted by Gasteiger charge is 2.20. The van der Waals surface area contributed by atoms with Gasteiger partial charge in [0.2, 0.25) is 5.91 Å². The molecule has 0 unspecified atom stereocenters. The van der Waals surface area contributed by atoms with Gasteiger partial charge < -0.3 is 15.2 Å². The number of aryl methyl sites for hydroxylation is 1. The first-order valence-corrected chi connectivity index (χ1v) is 10.0. The van der Waals surface area contributed by atoms with E-state index in [1.54, 1.807) is 29.8 Å². The number of halogens is 1. The van der Waals surface area contributed by atoms with Gasteiger partial charge in [0.25, 0.3) is 11.6 Å². The molecule has 154 valence electrons. The van der Waals surface area contributed by atoms with Crippen LogP contribution in [0.2, 0.25) is 0 Å². The molecule has 2 N–H and O–H groups in total. The number of benzene rings is 2. The summed E-state index contributed by atoms with van der Waals surface area (Å²) < 4.78 is 2.32. The molecule has 1 heterocycles. The highest BCUT2D eigenvalue weighted by atomic mass is 79.9. The molecule has 10 nitrogen and oxygen atoms in total. The van der Waals surface area contributed by atoms with Crippen LogP contribution in [0.4, 0.5) is 17.1 Å². The van der Waals surface area contributed by atoms with Gasteiger partial charge in [0.05, 0.1) is 21.2 Å². The third-order valence-corrected chi connectivity index (χ3v) is 5.44. The van der Waals surface area contributed by atoms with Gasteiger partial charge in [-0.05, 0) is 42.1 Å². The van der Waals surface area contributed by atoms with Crippen LogP contribution in [0.15, 0.2) is 57.3 Å². The summed E-state index contributed by atoms with van der Waals surface area (Å²) in [5, 5.41) is 25.0. The summed E-state index contributed by atoms with van der Waals surface area (Å²) in [5.41, 5.74) is 0.623. The Labute approximate surface area is 183 Å². The molecule has 0 aliphatic rings. The lowest BCUT2D eigenvalue weighted by molar-refractivity contribution is -0.387. The standard InChI is InChI=1S/C18H15BrN6O4S/c1-10(26)21-13-5-4-12(19)8-14(13)22-17(27)11-3-6-16(15(7-11)25(28)29)30-18-23-20-9-24(18)2/h3-9H,1-2H3,(H,21,26)(H,22,27). The first kappa shape index (κ1) is 21.5. The number of anilines is 2. The van der Waals surface area contributed by atoms with Crippen molar-refractivity contribution in [3.8, 4) is 0 Å². The first-order chi connectivity index (χ1) is 14.2. The smallest absolute Gasteiger partial charge is 0.284 e. The Hall–Kier alpha value is -3.25. The normalized spacial score (nSPS) is 10.5. The third-order valence-electron chi connectivity index (χ3n) is 3.83. The average molecular weight is 491 g/mol. The fraction of sp³-hybridized carbons (Fsp3) is 0.111. The number of hydrogen-bond acceptors (Lipinski definition) is 7. The Balaban J connectivity index is 1.89. The number of rotatable bonds is 6. The molecule has 3 aromatic rings. The second-order valence-corrected chi connectivity index (χ2v) is 8.02. The SMILES string of the molecule is CC(=O)Nc1ccc(Br)cc1NC(=O)c1ccc(Sc2nncn2C)c([N+](=O)[O-])c1. The Bertz CT molecular complexity index is 1150. The monoisotopic (exact) mass is 490 g/mol. The molecule has 0 aliphatic carbocycles. The average Bonchev–Trinajstić information content (AvgIpc) is 3.08. The Morgan fingerprint density at radius 1 is 1.17 bits per heavy atom. The number of aromatic nitrogens is 3. The summed E-state index contributed by atoms with van der Waals surface area (Å²) in [5.74, 6) is -0.855. The Morgan fingerprint density at radius 3 is 2.57 bits per heavy atom. The van der Waals surface area contributed by atoms with Crippen molar-refractivity contribution < 1.29 is 14.5 Å². The van der Waals surface area contributed by atoms with E-state index >= 15 is 0 Å². The van der Waals surface area contributed by atoms with Crippen molar-refractivity contribution in [3.63, 3.8) is 0 Å². The summed E-state index contributed by atoms with van der Waals surface area (Å²) in [7, 11) is 1.72. The van der Waals surface area contributed by atoms with E-state index in [4.69, 9.17) is 0 Å². The van der Waals surface area contributed by atoms with E-state index in [-0.39, 0.29) is 17.2 Å². The Morgan fingerprint density at radius 2 is 1.93 bits per heavy atom. The van der Waals surface area contributed by atoms with Crippen molar-refractivity contribution in [3.05, 3.63) is 62.9 Å². The highest BCUT2D eigenvalue weighted by molar-refractivity contribution is 9.10. The van der Waals surface area contributed by atoms with Gasteiger partial charge in [0, 0.05) is 30.1 Å². The predicted octanol–water partition coefficient (Wildman–Crippen LogP) is 3.85. The minimum Gasteiger partial charge on any atom is -0.325 e. The summed E-state index contributed by atoms with van der Waals surface area (Å²) in [6, 6.07) is 9.13. The fourth-order valence-corrected chi connectivity index (χ4v) is 3.67. The lowest BCUT2D eigenvalue weighted by atomic mass is 10.1. The number of nitro groups is 1. The number of nitro benzene ring substituents is 1. The summed E-state index contributed by atoms with van der Waals surface area (Å²) >= 11 is 4.39. The third kappa shape index (κ3) is 5.02. The molecular formula is C18H15BrN6O4S. The van der Waals surface area contributed by atoms with E-state index in [9.17, 15) is 19.7 Å². The van der Waals surface area contributed by atoms with Crippen LogP contribution < -0.4 is 10.6 Å². The van der Waals surface area contributed by atoms with Crippen LogP contribution in [-0.4, -0.2) is 31.5 Å². The van der Waals surface area contributed by atoms with Crippen molar-refractivity contribution in [2.75, 3.05) is 10.6 Å². The van der Waals surface area contributed by atoms with Crippen LogP contribution in [0.3, 0.4) is 0 Å². The van der Waals surface area contributed by atoms with Crippen molar-refractivity contribution in [2.24, 2.45) is 7.05 Å². The summed E-state index contributed by atoms with van der Waals surface area (Å²) in [6.07, 6.45) is 1.49. The second kappa shape index (κ2) is 9.05. The molecule has 1 aromatic heterocycles. The molecule has 0 saturated carbocycles. The largest absolute Gasteiger partial charge is 0.325 e. The van der Waals surface area contributed by atoms with E-state index in [0.29, 0.717) is 25.9 Å². The lowest BCUT2D eigenvalue weighted by Crippen LogP contribution is -2.15. The van der Waals surface area contributed by atoms with Crippen LogP contribution in [0.5, 0.6) is 0 Å². The van der Waals surface area contributed by atoms with E-state index in [2.05, 4.69) is 36.8 Å². The Kier molecular flexibility index (Phi) is 6.47. The first-order valence-electron chi connectivity index (χ1n) is 8.43. The molecule has 3 rings (SSSR count). The number of nitrogens with zero attached hydrogens (tertiary/aromatic N) is 4. The molecule has 0 aliphatic heterocycles. The molecule has 0 atom stereocenters. The van der Waals surface area contributed by atoms with Gasteiger partial charge in [-0.15, -0.1) is 10.2 Å². The molecule has 12 heteroatoms. The number of nitrogens with one attached hydrogen (secondary N) is 2. The van der Waals surface area contributed by atoms with Gasteiger partial charge in [-0.1, -0.05) is 15.9 Å². The quantitative estimate of drug-likeness (QED) is 0.396. The molecule has 0 spiro atoms. The van der Waals surface area contributed by atoms with Crippen LogP contribution in [0.25, 0.3) is 0 Å². The van der Waals surface area contributed by atoms with E-state index < -0.39 is 10.8 Å². The van der Waals surface area contributed by atoms with Crippen LogP contribution in [0.1, 0.15) is 17.3 Å². The molecule has 2 aromatic carbocycles. The maximum Gasteiger partial charge on any atom is 0.284 e. The van der Waals surface area contributed by atoms with Gasteiger partial charge in [-0.2, -0.15) is 0 Å². The molecule has 30 heavy (non-hydrogen) atoms. The van der Waals surface area contributed by atoms with Crippen molar-refractivity contribution in [1.29, 1.82) is 0 Å². The number of amides is 2. The zero-order valence-electron chi connectivity index (χ0n) is 15.7. The molecular weight excluding hydrogens is 476 g/mol. The molecule has 0 bridgehead atoms. The second-order valence-electron chi connectivity index (χ2n) is 6.09. The van der Waals surface area contributed by atoms with Crippen molar-refractivity contribution in [2.45, 2.75) is 17.0 Å². The number of hydrogen-bond donors (Lipinski definition) is 2. The lowest BCUT2D eigenvalue weighted by Gasteiger charge is -2.12. The van der Waals surface area contributed by atoms with Crippen LogP contribution >= 0.6 is 27.7 Å². The van der Waals surface area contributed by atoms with E-state index in [0.717, 1.165) is 11.8 Å². The van der Waals surface area contributed by atoms with Gasteiger partial charge >= 0.3 is 0 Å². The predicted molar refractivity (Wildman–Crippen MR) is 115 cm³/mol. The molecule has 2 amide bonds. The summed E-state index contributed by atoms with van der Waals surface area (Å²) in [6.45, 7) is 1.35. The van der Waals surface area contributed by atoms with Gasteiger partial charge in [0.1, 0.15) is 6.33 Å². The topological polar surface area (TPSA) is 132 Å². The molecule has 0 fully saturated rings. The number of carbonyl (C=O) groups is 2.